The Morgan fingerprint density at radius 1 is 1.25 bits per heavy atom. The normalized spacial score (nSPS) is 13.3. The fourth-order valence-electron chi connectivity index (χ4n) is 1.02. The number of sulfone groups is 1. The molecule has 0 aromatic rings. The smallest absolute Gasteiger partial charge is 0.150 e. The van der Waals surface area contributed by atoms with E-state index in [1.54, 1.807) is 0 Å². The van der Waals surface area contributed by atoms with Gasteiger partial charge in [0, 0.05) is 6.61 Å². The highest BCUT2D eigenvalue weighted by Crippen LogP contribution is 2.16. The molecule has 0 aliphatic heterocycles. The van der Waals surface area contributed by atoms with E-state index >= 15 is 0 Å². The van der Waals surface area contributed by atoms with Crippen molar-refractivity contribution < 1.29 is 13.5 Å². The van der Waals surface area contributed by atoms with Crippen molar-refractivity contribution in [1.29, 1.82) is 0 Å². The van der Waals surface area contributed by atoms with Crippen LogP contribution in [0.1, 0.15) is 27.2 Å². The molecule has 3 nitrogen and oxygen atoms in total. The highest BCUT2D eigenvalue weighted by Gasteiger charge is 2.20. The van der Waals surface area contributed by atoms with Crippen LogP contribution in [0.2, 0.25) is 0 Å². The Balaban J connectivity index is 4.06. The lowest BCUT2D eigenvalue weighted by Crippen LogP contribution is -2.23. The van der Waals surface area contributed by atoms with Gasteiger partial charge in [-0.2, -0.15) is 0 Å². The SMILES string of the molecule is CC(C)(C)CS(=O)(=O)CCCO. The van der Waals surface area contributed by atoms with Crippen molar-refractivity contribution in [2.75, 3.05) is 18.1 Å². The molecular formula is C8H18O3S. The van der Waals surface area contributed by atoms with Gasteiger partial charge in [-0.25, -0.2) is 8.42 Å². The monoisotopic (exact) mass is 194 g/mol. The zero-order valence-corrected chi connectivity index (χ0v) is 8.82. The Morgan fingerprint density at radius 3 is 2.08 bits per heavy atom. The van der Waals surface area contributed by atoms with E-state index in [0.717, 1.165) is 0 Å². The molecule has 0 atom stereocenters. The summed E-state index contributed by atoms with van der Waals surface area (Å²) in [5, 5.41) is 8.46. The van der Waals surface area contributed by atoms with E-state index in [1.165, 1.54) is 0 Å². The Bertz CT molecular complexity index is 211. The van der Waals surface area contributed by atoms with Crippen LogP contribution in [-0.4, -0.2) is 31.6 Å². The highest BCUT2D eigenvalue weighted by atomic mass is 32.2. The lowest BCUT2D eigenvalue weighted by Gasteiger charge is -2.17. The molecule has 0 aromatic heterocycles. The number of aliphatic hydroxyl groups excluding tert-OH is 1. The second-order valence-corrected chi connectivity index (χ2v) is 6.41. The van der Waals surface area contributed by atoms with Crippen molar-refractivity contribution in [3.05, 3.63) is 0 Å². The minimum Gasteiger partial charge on any atom is -0.396 e. The molecule has 0 radical (unpaired) electrons. The average molecular weight is 194 g/mol. The van der Waals surface area contributed by atoms with E-state index in [4.69, 9.17) is 5.11 Å². The summed E-state index contributed by atoms with van der Waals surface area (Å²) in [7, 11) is -2.96. The maximum absolute atomic E-state index is 11.3. The van der Waals surface area contributed by atoms with Crippen LogP contribution in [0, 0.1) is 5.41 Å². The fraction of sp³-hybridized carbons (Fsp3) is 1.00. The molecule has 0 rings (SSSR count). The summed E-state index contributed by atoms with van der Waals surface area (Å²) in [4.78, 5) is 0. The topological polar surface area (TPSA) is 54.4 Å². The van der Waals surface area contributed by atoms with Crippen LogP contribution >= 0.6 is 0 Å². The molecule has 0 spiro atoms. The second-order valence-electron chi connectivity index (χ2n) is 4.23. The predicted octanol–water partition coefficient (Wildman–Crippen LogP) is 0.830. The van der Waals surface area contributed by atoms with Gasteiger partial charge >= 0.3 is 0 Å². The molecular weight excluding hydrogens is 176 g/mol. The third-order valence-electron chi connectivity index (χ3n) is 1.27. The van der Waals surface area contributed by atoms with Crippen molar-refractivity contribution in [3.8, 4) is 0 Å². The molecule has 4 heteroatoms. The summed E-state index contributed by atoms with van der Waals surface area (Å²) in [5.41, 5.74) is -0.186. The summed E-state index contributed by atoms with van der Waals surface area (Å²) in [6.07, 6.45) is 0.346. The van der Waals surface area contributed by atoms with E-state index in [1.807, 2.05) is 20.8 Å². The number of hydrogen-bond donors (Lipinski definition) is 1. The van der Waals surface area contributed by atoms with Gasteiger partial charge < -0.3 is 5.11 Å². The quantitative estimate of drug-likeness (QED) is 0.721. The van der Waals surface area contributed by atoms with E-state index < -0.39 is 9.84 Å². The van der Waals surface area contributed by atoms with Crippen molar-refractivity contribution in [2.45, 2.75) is 27.2 Å². The minimum absolute atomic E-state index is 0.0522. The van der Waals surface area contributed by atoms with Crippen LogP contribution in [0.3, 0.4) is 0 Å². The van der Waals surface area contributed by atoms with Gasteiger partial charge in [-0.15, -0.1) is 0 Å². The summed E-state index contributed by atoms with van der Waals surface area (Å²) < 4.78 is 22.6. The summed E-state index contributed by atoms with van der Waals surface area (Å²) in [6.45, 7) is 5.62. The maximum Gasteiger partial charge on any atom is 0.150 e. The number of hydrogen-bond acceptors (Lipinski definition) is 3. The Hall–Kier alpha value is -0.0900. The zero-order valence-electron chi connectivity index (χ0n) is 8.00. The van der Waals surface area contributed by atoms with Crippen LogP contribution in [0.5, 0.6) is 0 Å². The van der Waals surface area contributed by atoms with E-state index in [9.17, 15) is 8.42 Å². The summed E-state index contributed by atoms with van der Waals surface area (Å²) in [5.74, 6) is 0.292. The molecule has 74 valence electrons. The van der Waals surface area contributed by atoms with Crippen molar-refractivity contribution >= 4 is 9.84 Å². The van der Waals surface area contributed by atoms with Gasteiger partial charge in [0.2, 0.25) is 0 Å². The Kier molecular flexibility index (Phi) is 4.20. The Labute approximate surface area is 74.7 Å². The first-order chi connectivity index (χ1) is 5.27. The molecule has 0 amide bonds. The largest absolute Gasteiger partial charge is 0.396 e. The van der Waals surface area contributed by atoms with Crippen LogP contribution in [-0.2, 0) is 9.84 Å². The van der Waals surface area contributed by atoms with E-state index in [0.29, 0.717) is 6.42 Å². The maximum atomic E-state index is 11.3. The predicted molar refractivity (Wildman–Crippen MR) is 49.8 cm³/mol. The van der Waals surface area contributed by atoms with Gasteiger partial charge in [-0.3, -0.25) is 0 Å². The fourth-order valence-corrected chi connectivity index (χ4v) is 3.05. The standard InChI is InChI=1S/C8H18O3S/c1-8(2,3)7-12(10,11)6-4-5-9/h9H,4-7H2,1-3H3. The van der Waals surface area contributed by atoms with Crippen LogP contribution in [0.25, 0.3) is 0 Å². The molecule has 0 saturated carbocycles. The first-order valence-corrected chi connectivity index (χ1v) is 5.90. The third-order valence-corrected chi connectivity index (χ3v) is 3.48. The first-order valence-electron chi connectivity index (χ1n) is 4.08. The van der Waals surface area contributed by atoms with Crippen LogP contribution in [0.15, 0.2) is 0 Å². The Morgan fingerprint density at radius 2 is 1.75 bits per heavy atom. The molecule has 0 heterocycles. The van der Waals surface area contributed by atoms with Gasteiger partial charge in [0.15, 0.2) is 9.84 Å². The molecule has 1 N–H and O–H groups in total. The van der Waals surface area contributed by atoms with Crippen LogP contribution in [0.4, 0.5) is 0 Å². The van der Waals surface area contributed by atoms with E-state index in [2.05, 4.69) is 0 Å². The lowest BCUT2D eigenvalue weighted by atomic mass is 10.0. The molecule has 0 bridgehead atoms. The van der Waals surface area contributed by atoms with Gasteiger partial charge in [0.25, 0.3) is 0 Å². The zero-order chi connectivity index (χ0) is 9.83. The summed E-state index contributed by atoms with van der Waals surface area (Å²) >= 11 is 0. The molecule has 12 heavy (non-hydrogen) atoms. The molecule has 0 aliphatic rings. The summed E-state index contributed by atoms with van der Waals surface area (Å²) in [6, 6.07) is 0. The van der Waals surface area contributed by atoms with Crippen molar-refractivity contribution in [2.24, 2.45) is 5.41 Å². The molecule has 0 aliphatic carbocycles. The second kappa shape index (κ2) is 4.23. The van der Waals surface area contributed by atoms with Gasteiger partial charge in [0.1, 0.15) is 0 Å². The number of aliphatic hydroxyl groups is 1. The van der Waals surface area contributed by atoms with Gasteiger partial charge in [-0.1, -0.05) is 20.8 Å². The first kappa shape index (κ1) is 11.9. The van der Waals surface area contributed by atoms with Crippen molar-refractivity contribution in [1.82, 2.24) is 0 Å². The minimum atomic E-state index is -2.96. The molecule has 0 fully saturated rings. The third kappa shape index (κ3) is 6.61. The average Bonchev–Trinajstić information content (AvgIpc) is 1.78. The van der Waals surface area contributed by atoms with Gasteiger partial charge in [-0.05, 0) is 11.8 Å². The molecule has 0 saturated heterocycles. The molecule has 0 unspecified atom stereocenters. The molecule has 0 aromatic carbocycles. The van der Waals surface area contributed by atoms with Gasteiger partial charge in [0.05, 0.1) is 11.5 Å². The number of rotatable bonds is 4. The highest BCUT2D eigenvalue weighted by molar-refractivity contribution is 7.91. The van der Waals surface area contributed by atoms with E-state index in [-0.39, 0.29) is 23.5 Å². The lowest BCUT2D eigenvalue weighted by molar-refractivity contribution is 0.295. The van der Waals surface area contributed by atoms with Crippen LogP contribution < -0.4 is 0 Å². The van der Waals surface area contributed by atoms with Crippen molar-refractivity contribution in [3.63, 3.8) is 0 Å².